The number of thiophene rings is 1. The van der Waals surface area contributed by atoms with E-state index >= 15 is 0 Å². The first-order valence-electron chi connectivity index (χ1n) is 8.07. The summed E-state index contributed by atoms with van der Waals surface area (Å²) in [6, 6.07) is 8.83. The van der Waals surface area contributed by atoms with E-state index < -0.39 is 5.97 Å². The Labute approximate surface area is 164 Å². The molecule has 0 fully saturated rings. The number of carbonyl (C=O) groups excluding carboxylic acids is 1. The highest BCUT2D eigenvalue weighted by Gasteiger charge is 2.10. The smallest absolute Gasteiger partial charge is 0.331 e. The average molecular weight is 397 g/mol. The number of hydrogen-bond donors (Lipinski definition) is 0. The van der Waals surface area contributed by atoms with Gasteiger partial charge < -0.3 is 18.7 Å². The molecule has 0 bridgehead atoms. The topological polar surface area (TPSA) is 107 Å². The summed E-state index contributed by atoms with van der Waals surface area (Å²) >= 11 is 1.53. The second-order valence-corrected chi connectivity index (χ2v) is 6.10. The molecule has 1 aromatic carbocycles. The Morgan fingerprint density at radius 1 is 1.36 bits per heavy atom. The molecule has 0 atom stereocenters. The van der Waals surface area contributed by atoms with Gasteiger partial charge in [-0.15, -0.1) is 0 Å². The van der Waals surface area contributed by atoms with Crippen molar-refractivity contribution < 1.29 is 23.5 Å². The third-order valence-corrected chi connectivity index (χ3v) is 4.16. The summed E-state index contributed by atoms with van der Waals surface area (Å²) in [7, 11) is 1.49. The zero-order valence-corrected chi connectivity index (χ0v) is 15.6. The van der Waals surface area contributed by atoms with Gasteiger partial charge in [-0.25, -0.2) is 4.79 Å². The zero-order chi connectivity index (χ0) is 19.8. The molecule has 28 heavy (non-hydrogen) atoms. The van der Waals surface area contributed by atoms with Gasteiger partial charge >= 0.3 is 5.97 Å². The van der Waals surface area contributed by atoms with Crippen LogP contribution in [0.1, 0.15) is 11.5 Å². The van der Waals surface area contributed by atoms with Gasteiger partial charge in [0.1, 0.15) is 6.07 Å². The number of nitrogens with zero attached hydrogens (tertiary/aromatic N) is 3. The number of aromatic nitrogens is 2. The third-order valence-electron chi connectivity index (χ3n) is 3.48. The lowest BCUT2D eigenvalue weighted by Gasteiger charge is -2.08. The quantitative estimate of drug-likeness (QED) is 0.420. The van der Waals surface area contributed by atoms with Crippen LogP contribution >= 0.6 is 11.3 Å². The molecule has 0 saturated carbocycles. The lowest BCUT2D eigenvalue weighted by atomic mass is 10.2. The number of nitriles is 1. The zero-order valence-electron chi connectivity index (χ0n) is 14.8. The maximum absolute atomic E-state index is 11.9. The van der Waals surface area contributed by atoms with Crippen LogP contribution in [0.3, 0.4) is 0 Å². The van der Waals surface area contributed by atoms with Gasteiger partial charge in [-0.2, -0.15) is 21.6 Å². The SMILES string of the molecule is COc1cc(/C=C/C(=O)OCc2nc(-c3ccsc3)no2)ccc1OCC#N. The largest absolute Gasteiger partial charge is 0.493 e. The first-order valence-corrected chi connectivity index (χ1v) is 9.01. The maximum Gasteiger partial charge on any atom is 0.331 e. The molecule has 0 aliphatic heterocycles. The fourth-order valence-corrected chi connectivity index (χ4v) is 2.82. The third kappa shape index (κ3) is 4.96. The van der Waals surface area contributed by atoms with Crippen LogP contribution in [0.5, 0.6) is 11.5 Å². The Morgan fingerprint density at radius 2 is 2.25 bits per heavy atom. The summed E-state index contributed by atoms with van der Waals surface area (Å²) in [6.07, 6.45) is 2.85. The minimum atomic E-state index is -0.556. The molecule has 3 aromatic rings. The van der Waals surface area contributed by atoms with Crippen LogP contribution in [0.15, 0.2) is 45.6 Å². The molecule has 9 heteroatoms. The van der Waals surface area contributed by atoms with Gasteiger partial charge in [0, 0.05) is 17.0 Å². The van der Waals surface area contributed by atoms with Crippen molar-refractivity contribution in [3.05, 3.63) is 52.6 Å². The number of methoxy groups -OCH3 is 1. The van der Waals surface area contributed by atoms with Crippen molar-refractivity contribution in [3.63, 3.8) is 0 Å². The number of ether oxygens (including phenoxy) is 3. The molecule has 2 aromatic heterocycles. The Hall–Kier alpha value is -3.64. The molecule has 0 saturated heterocycles. The van der Waals surface area contributed by atoms with Crippen molar-refractivity contribution >= 4 is 23.4 Å². The fourth-order valence-electron chi connectivity index (χ4n) is 2.18. The van der Waals surface area contributed by atoms with E-state index in [4.69, 9.17) is 24.0 Å². The molecule has 2 heterocycles. The van der Waals surface area contributed by atoms with Crippen LogP contribution in [0.25, 0.3) is 17.5 Å². The molecule has 142 valence electrons. The first kappa shape index (κ1) is 19.1. The van der Waals surface area contributed by atoms with Crippen LogP contribution in [0.4, 0.5) is 0 Å². The highest BCUT2D eigenvalue weighted by molar-refractivity contribution is 7.08. The number of hydrogen-bond acceptors (Lipinski definition) is 9. The van der Waals surface area contributed by atoms with Crippen molar-refractivity contribution in [2.75, 3.05) is 13.7 Å². The molecule has 0 spiro atoms. The summed E-state index contributed by atoms with van der Waals surface area (Å²) < 4.78 is 20.6. The predicted molar refractivity (Wildman–Crippen MR) is 101 cm³/mol. The predicted octanol–water partition coefficient (Wildman–Crippen LogP) is 3.47. The van der Waals surface area contributed by atoms with Crippen molar-refractivity contribution in [2.45, 2.75) is 6.61 Å². The Bertz CT molecular complexity index is 1010. The molecule has 0 aliphatic carbocycles. The summed E-state index contributed by atoms with van der Waals surface area (Å²) in [4.78, 5) is 16.1. The molecule has 0 aliphatic rings. The Morgan fingerprint density at radius 3 is 3.00 bits per heavy atom. The summed E-state index contributed by atoms with van der Waals surface area (Å²) in [5.41, 5.74) is 1.55. The monoisotopic (exact) mass is 397 g/mol. The minimum Gasteiger partial charge on any atom is -0.493 e. The fraction of sp³-hybridized carbons (Fsp3) is 0.158. The lowest BCUT2D eigenvalue weighted by molar-refractivity contribution is -0.139. The van der Waals surface area contributed by atoms with E-state index in [1.807, 2.05) is 22.9 Å². The van der Waals surface area contributed by atoms with Gasteiger partial charge in [0.2, 0.25) is 5.82 Å². The Kier molecular flexibility index (Phi) is 6.38. The van der Waals surface area contributed by atoms with E-state index in [9.17, 15) is 4.79 Å². The van der Waals surface area contributed by atoms with E-state index in [2.05, 4.69) is 10.1 Å². The van der Waals surface area contributed by atoms with E-state index in [1.54, 1.807) is 24.3 Å². The molecule has 0 radical (unpaired) electrons. The number of benzene rings is 1. The molecule has 3 rings (SSSR count). The standard InChI is InChI=1S/C19H15N3O5S/c1-24-16-10-13(2-4-15(16)25-8-7-20)3-5-18(23)26-11-17-21-19(22-27-17)14-6-9-28-12-14/h2-6,9-10,12H,8,11H2,1H3/b5-3+. The molecular formula is C19H15N3O5S. The second kappa shape index (κ2) is 9.34. The van der Waals surface area contributed by atoms with E-state index in [-0.39, 0.29) is 19.1 Å². The molecule has 0 unspecified atom stereocenters. The Balaban J connectivity index is 1.56. The highest BCUT2D eigenvalue weighted by Crippen LogP contribution is 2.28. The van der Waals surface area contributed by atoms with Gasteiger partial charge in [-0.05, 0) is 35.2 Å². The molecule has 0 N–H and O–H groups in total. The van der Waals surface area contributed by atoms with E-state index in [0.717, 1.165) is 5.56 Å². The summed E-state index contributed by atoms with van der Waals surface area (Å²) in [5.74, 6) is 1.01. The van der Waals surface area contributed by atoms with Crippen LogP contribution in [0.2, 0.25) is 0 Å². The summed E-state index contributed by atoms with van der Waals surface area (Å²) in [5, 5.41) is 16.2. The molecule has 8 nitrogen and oxygen atoms in total. The summed E-state index contributed by atoms with van der Waals surface area (Å²) in [6.45, 7) is -0.202. The number of carbonyl (C=O) groups is 1. The van der Waals surface area contributed by atoms with Gasteiger partial charge in [-0.1, -0.05) is 11.2 Å². The normalized spacial score (nSPS) is 10.6. The first-order chi connectivity index (χ1) is 13.7. The van der Waals surface area contributed by atoms with Crippen molar-refractivity contribution in [2.24, 2.45) is 0 Å². The van der Waals surface area contributed by atoms with E-state index in [1.165, 1.54) is 24.5 Å². The van der Waals surface area contributed by atoms with E-state index in [0.29, 0.717) is 22.9 Å². The second-order valence-electron chi connectivity index (χ2n) is 5.32. The van der Waals surface area contributed by atoms with Crippen molar-refractivity contribution in [1.82, 2.24) is 10.1 Å². The molecule has 0 amide bonds. The van der Waals surface area contributed by atoms with Gasteiger partial charge in [0.25, 0.3) is 5.89 Å². The molecular weight excluding hydrogens is 382 g/mol. The van der Waals surface area contributed by atoms with Crippen LogP contribution in [-0.4, -0.2) is 29.8 Å². The minimum absolute atomic E-state index is 0.0817. The van der Waals surface area contributed by atoms with Gasteiger partial charge in [0.05, 0.1) is 7.11 Å². The average Bonchev–Trinajstić information content (AvgIpc) is 3.41. The van der Waals surface area contributed by atoms with Crippen molar-refractivity contribution in [1.29, 1.82) is 5.26 Å². The van der Waals surface area contributed by atoms with Gasteiger partial charge in [0.15, 0.2) is 24.7 Å². The maximum atomic E-state index is 11.9. The van der Waals surface area contributed by atoms with Crippen LogP contribution < -0.4 is 9.47 Å². The number of esters is 1. The lowest BCUT2D eigenvalue weighted by Crippen LogP contribution is -2.01. The van der Waals surface area contributed by atoms with Crippen molar-refractivity contribution in [3.8, 4) is 29.0 Å². The van der Waals surface area contributed by atoms with Crippen LogP contribution in [-0.2, 0) is 16.1 Å². The number of rotatable bonds is 8. The van der Waals surface area contributed by atoms with Gasteiger partial charge in [-0.3, -0.25) is 0 Å². The highest BCUT2D eigenvalue weighted by atomic mass is 32.1. The van der Waals surface area contributed by atoms with Crippen LogP contribution in [0, 0.1) is 11.3 Å².